The van der Waals surface area contributed by atoms with Gasteiger partial charge < -0.3 is 27.0 Å². The minimum Gasteiger partial charge on any atom is -0.350 e. The molecule has 0 spiro atoms. The number of nitrogens with zero attached hydrogens (tertiary/aromatic N) is 1. The minimum absolute atomic E-state index is 0.0555. The molecule has 0 bridgehead atoms. The van der Waals surface area contributed by atoms with E-state index >= 15 is 0 Å². The Labute approximate surface area is 262 Å². The lowest BCUT2D eigenvalue weighted by atomic mass is 10.0. The standard InChI is InChI=1S/C32H32F4N6O4/c33-15-28(43)39-17-23-9-3-21(4-10-23)14-27(30(45)40-18-24-11-5-22(16-37)6-12-24)42-29(44)26(38)13-20-1-7-25(8-2-20)19-41-31(46)32(34,35)36/h1-12,26-27H,13-15,17-19,38H2,(H,39,43)(H,40,45)(H,41,46)(H,42,44)/t26-,27+/m1/s1. The molecular weight excluding hydrogens is 608 g/mol. The van der Waals surface area contributed by atoms with Crippen LogP contribution in [0.2, 0.25) is 0 Å². The number of hydrogen-bond donors (Lipinski definition) is 5. The second-order valence-corrected chi connectivity index (χ2v) is 10.3. The van der Waals surface area contributed by atoms with Crippen molar-refractivity contribution in [3.8, 4) is 6.07 Å². The molecule has 0 fully saturated rings. The Balaban J connectivity index is 1.65. The molecule has 10 nitrogen and oxygen atoms in total. The van der Waals surface area contributed by atoms with Crippen LogP contribution in [-0.4, -0.2) is 48.6 Å². The topological polar surface area (TPSA) is 166 Å². The number of benzene rings is 3. The van der Waals surface area contributed by atoms with E-state index in [-0.39, 0.29) is 32.5 Å². The molecular formula is C32H32F4N6O4. The fourth-order valence-corrected chi connectivity index (χ4v) is 4.20. The van der Waals surface area contributed by atoms with Crippen molar-refractivity contribution in [3.05, 3.63) is 106 Å². The zero-order chi connectivity index (χ0) is 33.7. The van der Waals surface area contributed by atoms with Gasteiger partial charge in [0.15, 0.2) is 6.67 Å². The number of carbonyl (C=O) groups excluding carboxylic acids is 4. The van der Waals surface area contributed by atoms with E-state index in [0.29, 0.717) is 27.8 Å². The van der Waals surface area contributed by atoms with Crippen LogP contribution in [0.15, 0.2) is 72.8 Å². The van der Waals surface area contributed by atoms with Gasteiger partial charge in [0, 0.05) is 26.1 Å². The maximum absolute atomic E-state index is 13.2. The monoisotopic (exact) mass is 640 g/mol. The Bertz CT molecular complexity index is 1540. The number of rotatable bonds is 14. The molecule has 2 atom stereocenters. The summed E-state index contributed by atoms with van der Waals surface area (Å²) < 4.78 is 49.6. The maximum atomic E-state index is 13.2. The lowest BCUT2D eigenvalue weighted by Gasteiger charge is -2.21. The summed E-state index contributed by atoms with van der Waals surface area (Å²) >= 11 is 0. The predicted molar refractivity (Wildman–Crippen MR) is 159 cm³/mol. The second-order valence-electron chi connectivity index (χ2n) is 10.3. The predicted octanol–water partition coefficient (Wildman–Crippen LogP) is 2.24. The normalized spacial score (nSPS) is 12.3. The molecule has 0 heterocycles. The molecule has 0 aromatic heterocycles. The Morgan fingerprint density at radius 3 is 1.65 bits per heavy atom. The van der Waals surface area contributed by atoms with Crippen LogP contribution in [0.4, 0.5) is 17.6 Å². The second kappa shape index (κ2) is 16.7. The van der Waals surface area contributed by atoms with Gasteiger partial charge >= 0.3 is 12.1 Å². The Morgan fingerprint density at radius 1 is 0.696 bits per heavy atom. The lowest BCUT2D eigenvalue weighted by Crippen LogP contribution is -2.52. The molecule has 3 rings (SSSR count). The van der Waals surface area contributed by atoms with E-state index < -0.39 is 48.6 Å². The van der Waals surface area contributed by atoms with Gasteiger partial charge in [-0.3, -0.25) is 19.2 Å². The van der Waals surface area contributed by atoms with Crippen molar-refractivity contribution in [2.45, 2.75) is 50.7 Å². The molecule has 0 unspecified atom stereocenters. The molecule has 4 amide bonds. The Hall–Kier alpha value is -5.29. The zero-order valence-electron chi connectivity index (χ0n) is 24.5. The number of carbonyl (C=O) groups is 4. The van der Waals surface area contributed by atoms with Crippen LogP contribution < -0.4 is 27.0 Å². The first-order valence-corrected chi connectivity index (χ1v) is 14.0. The van der Waals surface area contributed by atoms with Gasteiger partial charge in [-0.05, 0) is 46.4 Å². The lowest BCUT2D eigenvalue weighted by molar-refractivity contribution is -0.173. The maximum Gasteiger partial charge on any atom is 0.471 e. The molecule has 6 N–H and O–H groups in total. The molecule has 14 heteroatoms. The van der Waals surface area contributed by atoms with Crippen LogP contribution in [0.3, 0.4) is 0 Å². The fourth-order valence-electron chi connectivity index (χ4n) is 4.20. The van der Waals surface area contributed by atoms with Gasteiger partial charge in [0.1, 0.15) is 6.04 Å². The molecule has 0 radical (unpaired) electrons. The van der Waals surface area contributed by atoms with E-state index in [1.54, 1.807) is 66.0 Å². The van der Waals surface area contributed by atoms with Gasteiger partial charge in [-0.1, -0.05) is 60.7 Å². The average Bonchev–Trinajstić information content (AvgIpc) is 3.05. The van der Waals surface area contributed by atoms with Crippen LogP contribution in [0.25, 0.3) is 0 Å². The molecule has 3 aromatic carbocycles. The van der Waals surface area contributed by atoms with Gasteiger partial charge in [0.2, 0.25) is 11.8 Å². The average molecular weight is 641 g/mol. The summed E-state index contributed by atoms with van der Waals surface area (Å²) in [5.74, 6) is -3.91. The van der Waals surface area contributed by atoms with E-state index in [2.05, 4.69) is 16.0 Å². The SMILES string of the molecule is N#Cc1ccc(CNC(=O)[C@H](Cc2ccc(CNC(=O)CF)cc2)NC(=O)[C@H](N)Cc2ccc(CNC(=O)C(F)(F)F)cc2)cc1. The smallest absolute Gasteiger partial charge is 0.350 e. The highest BCUT2D eigenvalue weighted by Crippen LogP contribution is 2.15. The van der Waals surface area contributed by atoms with E-state index in [4.69, 9.17) is 11.0 Å². The van der Waals surface area contributed by atoms with Crippen molar-refractivity contribution < 1.29 is 36.7 Å². The summed E-state index contributed by atoms with van der Waals surface area (Å²) in [5.41, 5.74) is 9.73. The van der Waals surface area contributed by atoms with Crippen molar-refractivity contribution in [1.82, 2.24) is 21.3 Å². The summed E-state index contributed by atoms with van der Waals surface area (Å²) in [6.45, 7) is -1.22. The number of alkyl halides is 4. The van der Waals surface area contributed by atoms with Gasteiger partial charge in [-0.2, -0.15) is 18.4 Å². The Kier molecular flexibility index (Phi) is 12.8. The number of halogens is 4. The largest absolute Gasteiger partial charge is 0.471 e. The summed E-state index contributed by atoms with van der Waals surface area (Å²) in [7, 11) is 0. The highest BCUT2D eigenvalue weighted by molar-refractivity contribution is 5.90. The van der Waals surface area contributed by atoms with Gasteiger partial charge in [-0.15, -0.1) is 0 Å². The van der Waals surface area contributed by atoms with Gasteiger partial charge in [-0.25, -0.2) is 4.39 Å². The van der Waals surface area contributed by atoms with Crippen molar-refractivity contribution in [2.24, 2.45) is 5.73 Å². The molecule has 0 saturated carbocycles. The van der Waals surface area contributed by atoms with E-state index in [0.717, 1.165) is 5.56 Å². The zero-order valence-corrected chi connectivity index (χ0v) is 24.5. The summed E-state index contributed by atoms with van der Waals surface area (Å²) in [6, 6.07) is 19.5. The molecule has 0 aliphatic carbocycles. The van der Waals surface area contributed by atoms with Crippen molar-refractivity contribution >= 4 is 23.6 Å². The molecule has 3 aromatic rings. The summed E-state index contributed by atoms with van der Waals surface area (Å²) in [5, 5.41) is 18.7. The van der Waals surface area contributed by atoms with Crippen molar-refractivity contribution in [1.29, 1.82) is 5.26 Å². The van der Waals surface area contributed by atoms with Crippen LogP contribution in [-0.2, 0) is 51.7 Å². The van der Waals surface area contributed by atoms with Crippen LogP contribution in [0, 0.1) is 11.3 Å². The first kappa shape index (κ1) is 35.2. The number of nitrogens with two attached hydrogens (primary N) is 1. The summed E-state index contributed by atoms with van der Waals surface area (Å²) in [4.78, 5) is 48.6. The quantitative estimate of drug-likeness (QED) is 0.170. The molecule has 46 heavy (non-hydrogen) atoms. The first-order chi connectivity index (χ1) is 21.9. The number of amides is 4. The van der Waals surface area contributed by atoms with Crippen molar-refractivity contribution in [3.63, 3.8) is 0 Å². The van der Waals surface area contributed by atoms with Crippen molar-refractivity contribution in [2.75, 3.05) is 6.67 Å². The molecule has 0 aliphatic rings. The number of hydrogen-bond acceptors (Lipinski definition) is 6. The fraction of sp³-hybridized carbons (Fsp3) is 0.281. The molecule has 0 saturated heterocycles. The van der Waals surface area contributed by atoms with E-state index in [1.165, 1.54) is 12.1 Å². The van der Waals surface area contributed by atoms with Crippen LogP contribution in [0.1, 0.15) is 33.4 Å². The minimum atomic E-state index is -4.99. The number of nitrogens with one attached hydrogen (secondary N) is 4. The van der Waals surface area contributed by atoms with Gasteiger partial charge in [0.25, 0.3) is 5.91 Å². The third kappa shape index (κ3) is 11.3. The first-order valence-electron chi connectivity index (χ1n) is 14.0. The Morgan fingerprint density at radius 2 is 1.15 bits per heavy atom. The highest BCUT2D eigenvalue weighted by atomic mass is 19.4. The van der Waals surface area contributed by atoms with Crippen LogP contribution in [0.5, 0.6) is 0 Å². The van der Waals surface area contributed by atoms with E-state index in [9.17, 15) is 36.7 Å². The third-order valence-corrected chi connectivity index (χ3v) is 6.78. The molecule has 0 aliphatic heterocycles. The summed E-state index contributed by atoms with van der Waals surface area (Å²) in [6.07, 6.45) is -4.84. The highest BCUT2D eigenvalue weighted by Gasteiger charge is 2.38. The van der Waals surface area contributed by atoms with E-state index in [1.807, 2.05) is 6.07 Å². The number of nitriles is 1. The van der Waals surface area contributed by atoms with Gasteiger partial charge in [0.05, 0.1) is 17.7 Å². The molecule has 242 valence electrons. The van der Waals surface area contributed by atoms with Crippen LogP contribution >= 0.6 is 0 Å². The third-order valence-electron chi connectivity index (χ3n) is 6.78.